The van der Waals surface area contributed by atoms with Crippen LogP contribution in [0.15, 0.2) is 41.4 Å². The van der Waals surface area contributed by atoms with Gasteiger partial charge in [0, 0.05) is 56.9 Å². The highest BCUT2D eigenvalue weighted by atomic mass is 32.2. The number of hydrogen-bond donors (Lipinski definition) is 1. The summed E-state index contributed by atoms with van der Waals surface area (Å²) in [6, 6.07) is 9.65. The van der Waals surface area contributed by atoms with Crippen molar-refractivity contribution >= 4 is 20.9 Å². The van der Waals surface area contributed by atoms with Crippen molar-refractivity contribution in [3.05, 3.63) is 36.5 Å². The van der Waals surface area contributed by atoms with Crippen LogP contribution in [-0.2, 0) is 10.0 Å². The topological polar surface area (TPSA) is 65.5 Å². The molecule has 2 aliphatic heterocycles. The van der Waals surface area contributed by atoms with E-state index in [4.69, 9.17) is 0 Å². The summed E-state index contributed by atoms with van der Waals surface area (Å²) < 4.78 is 27.5. The molecule has 1 N–H and O–H groups in total. The van der Waals surface area contributed by atoms with Gasteiger partial charge in [0.2, 0.25) is 10.0 Å². The second-order valence-electron chi connectivity index (χ2n) is 6.46. The first-order chi connectivity index (χ1) is 11.6. The molecule has 0 bridgehead atoms. The third-order valence-electron chi connectivity index (χ3n) is 5.00. The van der Waals surface area contributed by atoms with E-state index in [9.17, 15) is 8.42 Å². The van der Waals surface area contributed by atoms with Gasteiger partial charge in [0.25, 0.3) is 0 Å². The van der Waals surface area contributed by atoms with Gasteiger partial charge in [-0.15, -0.1) is 0 Å². The van der Waals surface area contributed by atoms with Crippen molar-refractivity contribution in [3.8, 4) is 0 Å². The summed E-state index contributed by atoms with van der Waals surface area (Å²) in [5.74, 6) is 0. The minimum absolute atomic E-state index is 0.294. The van der Waals surface area contributed by atoms with E-state index in [2.05, 4.69) is 15.2 Å². The lowest BCUT2D eigenvalue weighted by atomic mass is 10.2. The number of pyridine rings is 1. The molecule has 7 heteroatoms. The molecule has 0 spiro atoms. The number of sulfonamides is 1. The molecular formula is C17H22N4O2S. The zero-order valence-corrected chi connectivity index (χ0v) is 14.4. The van der Waals surface area contributed by atoms with Crippen LogP contribution >= 0.6 is 0 Å². The first kappa shape index (κ1) is 16.0. The van der Waals surface area contributed by atoms with Crippen LogP contribution in [0.3, 0.4) is 0 Å². The van der Waals surface area contributed by atoms with Gasteiger partial charge < -0.3 is 5.32 Å². The van der Waals surface area contributed by atoms with Crippen LogP contribution in [0.4, 0.5) is 0 Å². The average molecular weight is 346 g/mol. The molecule has 1 aromatic heterocycles. The number of fused-ring (bicyclic) bond motifs is 1. The van der Waals surface area contributed by atoms with Crippen molar-refractivity contribution < 1.29 is 8.42 Å². The number of para-hydroxylation sites is 1. The van der Waals surface area contributed by atoms with Gasteiger partial charge in [-0.1, -0.05) is 18.2 Å². The van der Waals surface area contributed by atoms with E-state index in [1.54, 1.807) is 10.4 Å². The number of nitrogens with zero attached hydrogens (tertiary/aromatic N) is 3. The SMILES string of the molecule is O=S(=O)(c1cnc2ccccc2c1)N1CCC(N2CCNCC2)C1. The predicted molar refractivity (Wildman–Crippen MR) is 93.3 cm³/mol. The Morgan fingerprint density at radius 1 is 1.12 bits per heavy atom. The number of rotatable bonds is 3. The summed E-state index contributed by atoms with van der Waals surface area (Å²) in [5, 5.41) is 4.20. The Morgan fingerprint density at radius 3 is 2.75 bits per heavy atom. The molecule has 128 valence electrons. The van der Waals surface area contributed by atoms with Crippen molar-refractivity contribution in [2.24, 2.45) is 0 Å². The quantitative estimate of drug-likeness (QED) is 0.895. The summed E-state index contributed by atoms with van der Waals surface area (Å²) >= 11 is 0. The van der Waals surface area contributed by atoms with E-state index in [-0.39, 0.29) is 0 Å². The fraction of sp³-hybridized carbons (Fsp3) is 0.471. The number of benzene rings is 1. The Bertz CT molecular complexity index is 833. The summed E-state index contributed by atoms with van der Waals surface area (Å²) in [5.41, 5.74) is 0.816. The monoisotopic (exact) mass is 346 g/mol. The zero-order chi connectivity index (χ0) is 16.6. The molecule has 1 unspecified atom stereocenters. The molecule has 2 saturated heterocycles. The summed E-state index contributed by atoms with van der Waals surface area (Å²) in [4.78, 5) is 7.00. The molecule has 4 rings (SSSR count). The third-order valence-corrected chi connectivity index (χ3v) is 6.83. The lowest BCUT2D eigenvalue weighted by molar-refractivity contribution is 0.179. The molecule has 1 aromatic carbocycles. The van der Waals surface area contributed by atoms with Gasteiger partial charge in [0.15, 0.2) is 0 Å². The standard InChI is InChI=1S/C17H22N4O2S/c22-24(23,16-11-14-3-1-2-4-17(14)19-12-16)21-8-5-15(13-21)20-9-6-18-7-10-20/h1-4,11-12,15,18H,5-10,13H2. The highest BCUT2D eigenvalue weighted by Crippen LogP contribution is 2.25. The van der Waals surface area contributed by atoms with E-state index in [0.717, 1.165) is 43.5 Å². The van der Waals surface area contributed by atoms with Crippen molar-refractivity contribution in [3.63, 3.8) is 0 Å². The largest absolute Gasteiger partial charge is 0.314 e. The molecule has 2 fully saturated rings. The maximum absolute atomic E-state index is 13.0. The van der Waals surface area contributed by atoms with E-state index >= 15 is 0 Å². The molecule has 0 aliphatic carbocycles. The van der Waals surface area contributed by atoms with Crippen LogP contribution in [0.5, 0.6) is 0 Å². The first-order valence-electron chi connectivity index (χ1n) is 8.44. The fourth-order valence-corrected chi connectivity index (χ4v) is 5.09. The minimum Gasteiger partial charge on any atom is -0.314 e. The van der Waals surface area contributed by atoms with E-state index in [1.807, 2.05) is 24.3 Å². The second kappa shape index (κ2) is 6.40. The molecule has 0 radical (unpaired) electrons. The lowest BCUT2D eigenvalue weighted by Crippen LogP contribution is -2.49. The van der Waals surface area contributed by atoms with E-state index in [1.165, 1.54) is 6.20 Å². The molecule has 0 saturated carbocycles. The number of piperazine rings is 1. The third kappa shape index (κ3) is 2.93. The lowest BCUT2D eigenvalue weighted by Gasteiger charge is -2.32. The Kier molecular flexibility index (Phi) is 4.26. The second-order valence-corrected chi connectivity index (χ2v) is 8.39. The number of hydrogen-bond acceptors (Lipinski definition) is 5. The molecule has 0 amide bonds. The minimum atomic E-state index is -3.47. The van der Waals surface area contributed by atoms with E-state index < -0.39 is 10.0 Å². The Hall–Kier alpha value is -1.54. The normalized spacial score (nSPS) is 23.8. The zero-order valence-electron chi connectivity index (χ0n) is 13.6. The van der Waals surface area contributed by atoms with Crippen LogP contribution in [0.1, 0.15) is 6.42 Å². The molecule has 2 aromatic rings. The Balaban J connectivity index is 1.55. The van der Waals surface area contributed by atoms with Crippen LogP contribution in [0, 0.1) is 0 Å². The van der Waals surface area contributed by atoms with Crippen molar-refractivity contribution in [2.75, 3.05) is 39.3 Å². The van der Waals surface area contributed by atoms with Gasteiger partial charge in [-0.2, -0.15) is 4.31 Å². The molecular weight excluding hydrogens is 324 g/mol. The van der Waals surface area contributed by atoms with Gasteiger partial charge in [-0.05, 0) is 18.6 Å². The highest BCUT2D eigenvalue weighted by molar-refractivity contribution is 7.89. The van der Waals surface area contributed by atoms with Crippen LogP contribution in [-0.4, -0.2) is 67.9 Å². The summed E-state index contributed by atoms with van der Waals surface area (Å²) in [7, 11) is -3.47. The molecule has 2 aliphatic rings. The Labute approximate surface area is 142 Å². The maximum atomic E-state index is 13.0. The van der Waals surface area contributed by atoms with Gasteiger partial charge in [0.1, 0.15) is 4.90 Å². The smallest absolute Gasteiger partial charge is 0.244 e. The number of aromatic nitrogens is 1. The van der Waals surface area contributed by atoms with Crippen molar-refractivity contribution in [1.82, 2.24) is 19.5 Å². The predicted octanol–water partition coefficient (Wildman–Crippen LogP) is 0.903. The molecule has 6 nitrogen and oxygen atoms in total. The average Bonchev–Trinajstić information content (AvgIpc) is 3.13. The number of nitrogens with one attached hydrogen (secondary N) is 1. The Morgan fingerprint density at radius 2 is 1.92 bits per heavy atom. The summed E-state index contributed by atoms with van der Waals surface area (Å²) in [6.07, 6.45) is 2.38. The van der Waals surface area contributed by atoms with Crippen LogP contribution in [0.25, 0.3) is 10.9 Å². The van der Waals surface area contributed by atoms with E-state index in [0.29, 0.717) is 24.0 Å². The highest BCUT2D eigenvalue weighted by Gasteiger charge is 2.35. The van der Waals surface area contributed by atoms with Gasteiger partial charge >= 0.3 is 0 Å². The molecule has 1 atom stereocenters. The van der Waals surface area contributed by atoms with Crippen LogP contribution in [0.2, 0.25) is 0 Å². The van der Waals surface area contributed by atoms with Gasteiger partial charge in [-0.25, -0.2) is 8.42 Å². The maximum Gasteiger partial charge on any atom is 0.244 e. The molecule has 3 heterocycles. The van der Waals surface area contributed by atoms with Crippen molar-refractivity contribution in [1.29, 1.82) is 0 Å². The van der Waals surface area contributed by atoms with Gasteiger partial charge in [-0.3, -0.25) is 9.88 Å². The molecule has 24 heavy (non-hydrogen) atoms. The van der Waals surface area contributed by atoms with Crippen molar-refractivity contribution in [2.45, 2.75) is 17.4 Å². The van der Waals surface area contributed by atoms with Crippen LogP contribution < -0.4 is 5.32 Å². The first-order valence-corrected chi connectivity index (χ1v) is 9.88. The van der Waals surface area contributed by atoms with Gasteiger partial charge in [0.05, 0.1) is 5.52 Å². The fourth-order valence-electron chi connectivity index (χ4n) is 3.62. The summed E-state index contributed by atoms with van der Waals surface area (Å²) in [6.45, 7) is 5.13.